The van der Waals surface area contributed by atoms with E-state index in [4.69, 9.17) is 55.9 Å². The molecule has 170 valence electrons. The van der Waals surface area contributed by atoms with Gasteiger partial charge in [0.05, 0.1) is 33.3 Å². The molecule has 0 aliphatic heterocycles. The number of rotatable bonds is 8. The quantitative estimate of drug-likeness (QED) is 0.303. The zero-order valence-electron chi connectivity index (χ0n) is 17.1. The molecular weight excluding hydrogens is 522 g/mol. The highest BCUT2D eigenvalue weighted by molar-refractivity contribution is 6.36. The maximum atomic E-state index is 12.8. The summed E-state index contributed by atoms with van der Waals surface area (Å²) in [7, 11) is 0. The fraction of sp³-hybridized carbons (Fsp3) is 0.0833. The number of benzene rings is 3. The first-order valence-electron chi connectivity index (χ1n) is 9.43. The van der Waals surface area contributed by atoms with Gasteiger partial charge in [0.15, 0.2) is 13.2 Å². The molecule has 0 unspecified atom stereocenters. The number of nitrogens with zero attached hydrogens (tertiary/aromatic N) is 2. The molecule has 6 nitrogen and oxygen atoms in total. The molecule has 3 rings (SSSR count). The molecule has 0 saturated carbocycles. The second kappa shape index (κ2) is 11.2. The van der Waals surface area contributed by atoms with Gasteiger partial charge in [0.25, 0.3) is 0 Å². The van der Waals surface area contributed by atoms with Crippen molar-refractivity contribution in [1.82, 2.24) is 0 Å². The van der Waals surface area contributed by atoms with E-state index in [9.17, 15) is 20.1 Å². The van der Waals surface area contributed by atoms with Gasteiger partial charge in [-0.1, -0.05) is 46.4 Å². The van der Waals surface area contributed by atoms with Crippen molar-refractivity contribution in [3.8, 4) is 23.6 Å². The Balaban J connectivity index is 1.84. The first kappa shape index (κ1) is 25.4. The summed E-state index contributed by atoms with van der Waals surface area (Å²) in [6.45, 7) is -0.932. The van der Waals surface area contributed by atoms with Crippen molar-refractivity contribution in [3.63, 3.8) is 0 Å². The lowest BCUT2D eigenvalue weighted by Crippen LogP contribution is -2.18. The number of Topliss-reactive ketones (excluding diaryl/α,β-unsaturated/α-hetero) is 2. The van der Waals surface area contributed by atoms with E-state index in [1.165, 1.54) is 36.4 Å². The van der Waals surface area contributed by atoms with Gasteiger partial charge >= 0.3 is 0 Å². The third-order valence-corrected chi connectivity index (χ3v) is 5.57. The van der Waals surface area contributed by atoms with Crippen LogP contribution in [0, 0.1) is 22.7 Å². The third kappa shape index (κ3) is 5.99. The first-order valence-corrected chi connectivity index (χ1v) is 10.9. The largest absolute Gasteiger partial charge is 0.484 e. The van der Waals surface area contributed by atoms with E-state index in [2.05, 4.69) is 0 Å². The van der Waals surface area contributed by atoms with E-state index in [0.29, 0.717) is 10.0 Å². The van der Waals surface area contributed by atoms with Crippen molar-refractivity contribution in [2.75, 3.05) is 13.2 Å². The number of nitriles is 2. The Morgan fingerprint density at radius 2 is 1.09 bits per heavy atom. The summed E-state index contributed by atoms with van der Waals surface area (Å²) in [4.78, 5) is 25.6. The van der Waals surface area contributed by atoms with Gasteiger partial charge in [0, 0.05) is 21.2 Å². The van der Waals surface area contributed by atoms with E-state index >= 15 is 0 Å². The lowest BCUT2D eigenvalue weighted by atomic mass is 9.95. The van der Waals surface area contributed by atoms with Crippen LogP contribution in [0.25, 0.3) is 0 Å². The van der Waals surface area contributed by atoms with Gasteiger partial charge in [-0.3, -0.25) is 9.59 Å². The molecule has 3 aromatic carbocycles. The molecule has 0 N–H and O–H groups in total. The molecule has 0 spiro atoms. The van der Waals surface area contributed by atoms with Gasteiger partial charge in [-0.05, 0) is 48.5 Å². The first-order chi connectivity index (χ1) is 16.2. The molecule has 3 aromatic rings. The predicted octanol–water partition coefficient (Wildman–Crippen LogP) is 6.57. The second-order valence-corrected chi connectivity index (χ2v) is 8.43. The highest BCUT2D eigenvalue weighted by Crippen LogP contribution is 2.29. The molecule has 0 radical (unpaired) electrons. The van der Waals surface area contributed by atoms with Crippen molar-refractivity contribution in [2.24, 2.45) is 0 Å². The number of halogens is 4. The molecule has 0 bridgehead atoms. The van der Waals surface area contributed by atoms with Crippen LogP contribution in [0.5, 0.6) is 11.5 Å². The van der Waals surface area contributed by atoms with Crippen LogP contribution in [0.1, 0.15) is 31.8 Å². The minimum Gasteiger partial charge on any atom is -0.484 e. The summed E-state index contributed by atoms with van der Waals surface area (Å²) in [5.41, 5.74) is -0.324. The Morgan fingerprint density at radius 1 is 0.676 bits per heavy atom. The summed E-state index contributed by atoms with van der Waals surface area (Å²) in [6, 6.07) is 15.1. The van der Waals surface area contributed by atoms with Crippen LogP contribution < -0.4 is 9.47 Å². The van der Waals surface area contributed by atoms with Crippen molar-refractivity contribution >= 4 is 58.0 Å². The normalized spacial score (nSPS) is 10.2. The van der Waals surface area contributed by atoms with E-state index in [1.807, 2.05) is 12.1 Å². The standard InChI is InChI=1S/C24H12Cl4N2O4/c25-15-1-3-23(19(27)6-15)33-11-21(31)17-8-18(14(10-30)5-13(17)9-29)22(32)12-34-24-4-2-16(26)7-20(24)28/h1-8H,11-12H2. The van der Waals surface area contributed by atoms with Crippen molar-refractivity contribution < 1.29 is 19.1 Å². The Hall–Kier alpha value is -3.26. The molecule has 0 atom stereocenters. The van der Waals surface area contributed by atoms with Crippen LogP contribution in [-0.2, 0) is 0 Å². The zero-order chi connectivity index (χ0) is 24.8. The minimum atomic E-state index is -0.595. The molecule has 0 heterocycles. The summed E-state index contributed by atoms with van der Waals surface area (Å²) in [6.07, 6.45) is 0. The van der Waals surface area contributed by atoms with Gasteiger partial charge in [0.2, 0.25) is 11.6 Å². The summed E-state index contributed by atoms with van der Waals surface area (Å²) >= 11 is 23.8. The summed E-state index contributed by atoms with van der Waals surface area (Å²) in [5.74, 6) is -0.752. The van der Waals surface area contributed by atoms with Gasteiger partial charge in [-0.15, -0.1) is 0 Å². The maximum absolute atomic E-state index is 12.8. The smallest absolute Gasteiger partial charge is 0.201 e. The van der Waals surface area contributed by atoms with E-state index in [1.54, 1.807) is 12.1 Å². The fourth-order valence-corrected chi connectivity index (χ4v) is 3.80. The highest BCUT2D eigenvalue weighted by atomic mass is 35.5. The van der Waals surface area contributed by atoms with Crippen LogP contribution in [0.4, 0.5) is 0 Å². The van der Waals surface area contributed by atoms with Gasteiger partial charge in [-0.25, -0.2) is 0 Å². The Morgan fingerprint density at radius 3 is 1.44 bits per heavy atom. The lowest BCUT2D eigenvalue weighted by molar-refractivity contribution is 0.0920. The Kier molecular flexibility index (Phi) is 8.39. The number of ether oxygens (including phenoxy) is 2. The van der Waals surface area contributed by atoms with Crippen LogP contribution in [-0.4, -0.2) is 24.8 Å². The van der Waals surface area contributed by atoms with Crippen molar-refractivity contribution in [3.05, 3.63) is 90.9 Å². The summed E-state index contributed by atoms with van der Waals surface area (Å²) in [5, 5.41) is 20.1. The van der Waals surface area contributed by atoms with Crippen LogP contribution in [0.3, 0.4) is 0 Å². The highest BCUT2D eigenvalue weighted by Gasteiger charge is 2.21. The van der Waals surface area contributed by atoms with Crippen molar-refractivity contribution in [1.29, 1.82) is 10.5 Å². The third-order valence-electron chi connectivity index (χ3n) is 4.50. The molecule has 0 aliphatic carbocycles. The van der Waals surface area contributed by atoms with Crippen LogP contribution in [0.2, 0.25) is 20.1 Å². The monoisotopic (exact) mass is 532 g/mol. The molecular formula is C24H12Cl4N2O4. The van der Waals surface area contributed by atoms with Gasteiger partial charge < -0.3 is 9.47 Å². The average Bonchev–Trinajstić information content (AvgIpc) is 2.81. The molecule has 34 heavy (non-hydrogen) atoms. The van der Waals surface area contributed by atoms with Gasteiger partial charge in [0.1, 0.15) is 11.5 Å². The molecule has 0 saturated heterocycles. The topological polar surface area (TPSA) is 100 Å². The van der Waals surface area contributed by atoms with Crippen molar-refractivity contribution in [2.45, 2.75) is 0 Å². The summed E-state index contributed by atoms with van der Waals surface area (Å²) < 4.78 is 10.9. The maximum Gasteiger partial charge on any atom is 0.201 e. The van der Waals surface area contributed by atoms with Gasteiger partial charge in [-0.2, -0.15) is 10.5 Å². The Labute approximate surface area is 214 Å². The molecule has 0 aromatic heterocycles. The number of carbonyl (C=O) groups excluding carboxylic acids is 2. The molecule has 0 amide bonds. The van der Waals surface area contributed by atoms with E-state index in [-0.39, 0.29) is 43.8 Å². The molecule has 0 aliphatic rings. The Bertz CT molecular complexity index is 1280. The number of carbonyl (C=O) groups is 2. The van der Waals surface area contributed by atoms with Crippen LogP contribution >= 0.6 is 46.4 Å². The van der Waals surface area contributed by atoms with E-state index in [0.717, 1.165) is 0 Å². The molecule has 10 heteroatoms. The number of hydrogen-bond donors (Lipinski definition) is 0. The average molecular weight is 534 g/mol. The lowest BCUT2D eigenvalue weighted by Gasteiger charge is -2.12. The SMILES string of the molecule is N#Cc1cc(C#N)c(C(=O)COc2ccc(Cl)cc2Cl)cc1C(=O)COc1ccc(Cl)cc1Cl. The number of hydrogen-bond acceptors (Lipinski definition) is 6. The minimum absolute atomic E-state index is 0.0782. The zero-order valence-corrected chi connectivity index (χ0v) is 20.1. The predicted molar refractivity (Wildman–Crippen MR) is 128 cm³/mol. The second-order valence-electron chi connectivity index (χ2n) is 6.74. The number of ketones is 2. The molecule has 0 fully saturated rings. The fourth-order valence-electron chi connectivity index (χ4n) is 2.87. The van der Waals surface area contributed by atoms with E-state index < -0.39 is 24.8 Å². The van der Waals surface area contributed by atoms with Crippen LogP contribution in [0.15, 0.2) is 48.5 Å².